The van der Waals surface area contributed by atoms with Gasteiger partial charge in [0.2, 0.25) is 17.7 Å². The first kappa shape index (κ1) is 31.7. The largest absolute Gasteiger partial charge is 0.508 e. The molecular weight excluding hydrogens is 526 g/mol. The molecule has 40 heavy (non-hydrogen) atoms. The smallest absolute Gasteiger partial charge is 0.326 e. The molecule has 4 atom stereocenters. The molecule has 0 fully saturated rings. The van der Waals surface area contributed by atoms with Crippen LogP contribution < -0.4 is 27.4 Å². The zero-order chi connectivity index (χ0) is 29.7. The van der Waals surface area contributed by atoms with E-state index in [9.17, 15) is 34.2 Å². The molecule has 3 amide bonds. The van der Waals surface area contributed by atoms with Gasteiger partial charge in [-0.05, 0) is 43.5 Å². The van der Waals surface area contributed by atoms with Gasteiger partial charge in [-0.25, -0.2) is 9.78 Å². The van der Waals surface area contributed by atoms with E-state index in [-0.39, 0.29) is 25.0 Å². The van der Waals surface area contributed by atoms with Crippen LogP contribution in [0.2, 0.25) is 0 Å². The fourth-order valence-electron chi connectivity index (χ4n) is 3.76. The number of phenolic OH excluding ortho intramolecular Hbond substituents is 1. The van der Waals surface area contributed by atoms with Crippen LogP contribution in [0, 0.1) is 0 Å². The number of carboxylic acid groups (broad SMARTS) is 2. The van der Waals surface area contributed by atoms with Gasteiger partial charge in [0.15, 0.2) is 0 Å². The highest BCUT2D eigenvalue weighted by Crippen LogP contribution is 2.12. The lowest BCUT2D eigenvalue weighted by Crippen LogP contribution is -2.58. The molecule has 2 rings (SSSR count). The van der Waals surface area contributed by atoms with E-state index in [0.717, 1.165) is 0 Å². The molecule has 0 saturated heterocycles. The summed E-state index contributed by atoms with van der Waals surface area (Å²) in [6.45, 7) is 0.355. The second-order valence-corrected chi connectivity index (χ2v) is 9.16. The van der Waals surface area contributed by atoms with Crippen LogP contribution in [0.25, 0.3) is 0 Å². The number of H-pyrrole nitrogens is 1. The zero-order valence-corrected chi connectivity index (χ0v) is 21.7. The quantitative estimate of drug-likeness (QED) is 0.0990. The number of phenols is 1. The number of aromatic hydroxyl groups is 1. The molecule has 1 aromatic heterocycles. The van der Waals surface area contributed by atoms with Gasteiger partial charge >= 0.3 is 11.9 Å². The van der Waals surface area contributed by atoms with E-state index in [4.69, 9.17) is 16.6 Å². The van der Waals surface area contributed by atoms with Crippen molar-refractivity contribution >= 4 is 29.7 Å². The minimum absolute atomic E-state index is 0.0321. The van der Waals surface area contributed by atoms with Gasteiger partial charge in [-0.2, -0.15) is 0 Å². The van der Waals surface area contributed by atoms with E-state index in [1.807, 2.05) is 0 Å². The molecule has 218 valence electrons. The Hall–Kier alpha value is -4.50. The molecule has 15 nitrogen and oxygen atoms in total. The lowest BCUT2D eigenvalue weighted by molar-refractivity contribution is -0.147. The monoisotopic (exact) mass is 561 g/mol. The first-order valence-electron chi connectivity index (χ1n) is 12.6. The maximum atomic E-state index is 13.3. The number of aromatic nitrogens is 2. The molecule has 0 aliphatic carbocycles. The van der Waals surface area contributed by atoms with E-state index in [0.29, 0.717) is 30.6 Å². The van der Waals surface area contributed by atoms with Crippen molar-refractivity contribution in [2.75, 3.05) is 6.54 Å². The Bertz CT molecular complexity index is 1140. The van der Waals surface area contributed by atoms with Crippen molar-refractivity contribution in [1.29, 1.82) is 0 Å². The number of nitrogens with one attached hydrogen (secondary N) is 4. The maximum Gasteiger partial charge on any atom is 0.326 e. The molecule has 0 aliphatic heterocycles. The number of imidazole rings is 1. The minimum Gasteiger partial charge on any atom is -0.508 e. The topological polar surface area (TPSA) is 263 Å². The van der Waals surface area contributed by atoms with Crippen molar-refractivity contribution in [3.05, 3.63) is 48.0 Å². The third-order valence-electron chi connectivity index (χ3n) is 5.91. The third-order valence-corrected chi connectivity index (χ3v) is 5.91. The first-order chi connectivity index (χ1) is 19.0. The molecule has 0 spiro atoms. The van der Waals surface area contributed by atoms with Gasteiger partial charge < -0.3 is 47.7 Å². The van der Waals surface area contributed by atoms with Gasteiger partial charge in [0.05, 0.1) is 18.8 Å². The Balaban J connectivity index is 2.22. The molecule has 11 N–H and O–H groups in total. The summed E-state index contributed by atoms with van der Waals surface area (Å²) >= 11 is 0. The van der Waals surface area contributed by atoms with Crippen LogP contribution in [-0.4, -0.2) is 85.7 Å². The highest BCUT2D eigenvalue weighted by Gasteiger charge is 2.31. The number of rotatable bonds is 17. The van der Waals surface area contributed by atoms with Crippen molar-refractivity contribution in [2.24, 2.45) is 11.5 Å². The molecular formula is C25H35N7O8. The number of unbranched alkanes of at least 4 members (excludes halogenated alkanes) is 1. The molecule has 0 saturated carbocycles. The standard InChI is InChI=1S/C25H35N7O8/c26-8-2-1-3-18(30-22(36)17(27)10-15-12-28-13-29-15)23(37)31-19(9-14-4-6-16(33)7-5-14)24(38)32-20(25(39)40)11-21(34)35/h4-7,12-13,17-20,33H,1-3,8-11,26-27H2,(H,28,29)(H,30,36)(H,31,37)(H,32,38)(H,34,35)(H,39,40). The van der Waals surface area contributed by atoms with E-state index in [1.54, 1.807) is 0 Å². The molecule has 0 radical (unpaired) electrons. The number of carbonyl (C=O) groups is 5. The van der Waals surface area contributed by atoms with Crippen LogP contribution in [0.4, 0.5) is 0 Å². The number of benzene rings is 1. The average Bonchev–Trinajstić information content (AvgIpc) is 3.41. The zero-order valence-electron chi connectivity index (χ0n) is 21.7. The Kier molecular flexibility index (Phi) is 12.5. The summed E-state index contributed by atoms with van der Waals surface area (Å²) in [6, 6.07) is 0.543. The second kappa shape index (κ2) is 15.8. The summed E-state index contributed by atoms with van der Waals surface area (Å²) in [4.78, 5) is 68.4. The summed E-state index contributed by atoms with van der Waals surface area (Å²) in [6.07, 6.45) is 3.29. The first-order valence-corrected chi connectivity index (χ1v) is 12.6. The van der Waals surface area contributed by atoms with Crippen LogP contribution in [0.1, 0.15) is 36.9 Å². The van der Waals surface area contributed by atoms with E-state index in [2.05, 4.69) is 25.9 Å². The average molecular weight is 562 g/mol. The van der Waals surface area contributed by atoms with Crippen LogP contribution in [0.5, 0.6) is 5.75 Å². The second-order valence-electron chi connectivity index (χ2n) is 9.16. The molecule has 1 aromatic carbocycles. The summed E-state index contributed by atoms with van der Waals surface area (Å²) in [5, 5.41) is 35.2. The molecule has 15 heteroatoms. The molecule has 0 bridgehead atoms. The number of nitrogens with zero attached hydrogens (tertiary/aromatic N) is 1. The lowest BCUT2D eigenvalue weighted by Gasteiger charge is -2.25. The molecule has 0 aliphatic rings. The van der Waals surface area contributed by atoms with Crippen molar-refractivity contribution in [3.63, 3.8) is 0 Å². The van der Waals surface area contributed by atoms with E-state index < -0.39 is 60.2 Å². The predicted octanol–water partition coefficient (Wildman–Crippen LogP) is -1.63. The summed E-state index contributed by atoms with van der Waals surface area (Å²) in [5.74, 6) is -5.34. The van der Waals surface area contributed by atoms with Gasteiger partial charge in [-0.15, -0.1) is 0 Å². The van der Waals surface area contributed by atoms with Crippen LogP contribution >= 0.6 is 0 Å². The number of aliphatic carboxylic acids is 2. The van der Waals surface area contributed by atoms with Gasteiger partial charge in [-0.1, -0.05) is 12.1 Å². The van der Waals surface area contributed by atoms with E-state index >= 15 is 0 Å². The number of hydrogen-bond acceptors (Lipinski definition) is 9. The van der Waals surface area contributed by atoms with Crippen molar-refractivity contribution in [3.8, 4) is 5.75 Å². The van der Waals surface area contributed by atoms with Gasteiger partial charge in [0.1, 0.15) is 23.9 Å². The Morgan fingerprint density at radius 1 is 0.875 bits per heavy atom. The highest BCUT2D eigenvalue weighted by atomic mass is 16.4. The summed E-state index contributed by atoms with van der Waals surface area (Å²) in [7, 11) is 0. The minimum atomic E-state index is -1.75. The lowest BCUT2D eigenvalue weighted by atomic mass is 10.0. The SMILES string of the molecule is NCCCCC(NC(=O)C(N)Cc1cnc[nH]1)C(=O)NC(Cc1ccc(O)cc1)C(=O)NC(CC(=O)O)C(=O)O. The van der Waals surface area contributed by atoms with Gasteiger partial charge in [0.25, 0.3) is 0 Å². The third kappa shape index (κ3) is 10.7. The Morgan fingerprint density at radius 3 is 2.08 bits per heavy atom. The number of aromatic amines is 1. The predicted molar refractivity (Wildman–Crippen MR) is 141 cm³/mol. The summed E-state index contributed by atoms with van der Waals surface area (Å²) in [5.41, 5.74) is 12.7. The normalized spacial score (nSPS) is 13.8. The maximum absolute atomic E-state index is 13.3. The summed E-state index contributed by atoms with van der Waals surface area (Å²) < 4.78 is 0. The number of hydrogen-bond donors (Lipinski definition) is 9. The van der Waals surface area contributed by atoms with Crippen molar-refractivity contribution < 1.29 is 39.3 Å². The fourth-order valence-corrected chi connectivity index (χ4v) is 3.76. The number of amides is 3. The van der Waals surface area contributed by atoms with Crippen LogP contribution in [0.15, 0.2) is 36.8 Å². The number of carbonyl (C=O) groups excluding carboxylic acids is 3. The fraction of sp³-hybridized carbons (Fsp3) is 0.440. The van der Waals surface area contributed by atoms with Gasteiger partial charge in [-0.3, -0.25) is 19.2 Å². The van der Waals surface area contributed by atoms with Crippen LogP contribution in [-0.2, 0) is 36.8 Å². The highest BCUT2D eigenvalue weighted by molar-refractivity contribution is 5.94. The van der Waals surface area contributed by atoms with Crippen molar-refractivity contribution in [2.45, 2.75) is 62.7 Å². The molecule has 4 unspecified atom stereocenters. The van der Waals surface area contributed by atoms with Gasteiger partial charge in [0, 0.05) is 24.7 Å². The van der Waals surface area contributed by atoms with Crippen LogP contribution in [0.3, 0.4) is 0 Å². The number of nitrogens with two attached hydrogens (primary N) is 2. The van der Waals surface area contributed by atoms with Crippen molar-refractivity contribution in [1.82, 2.24) is 25.9 Å². The molecule has 2 aromatic rings. The Morgan fingerprint density at radius 2 is 1.50 bits per heavy atom. The van der Waals surface area contributed by atoms with E-state index in [1.165, 1.54) is 36.8 Å². The molecule has 1 heterocycles. The Labute approximate surface area is 229 Å². The number of carboxylic acids is 2.